The molecule has 2 saturated carbocycles. The molecule has 6 aliphatic rings. The van der Waals surface area contributed by atoms with Crippen LogP contribution in [0.5, 0.6) is 5.75 Å². The Balaban J connectivity index is 1.52. The minimum absolute atomic E-state index is 0.00209. The van der Waals surface area contributed by atoms with Crippen molar-refractivity contribution in [1.29, 1.82) is 0 Å². The molecule has 2 amide bonds. The van der Waals surface area contributed by atoms with Crippen LogP contribution in [0.3, 0.4) is 0 Å². The highest BCUT2D eigenvalue weighted by Crippen LogP contribution is 2.58. The molecule has 3 heterocycles. The number of nitrogens with one attached hydrogen (secondary N) is 1. The van der Waals surface area contributed by atoms with E-state index in [9.17, 15) is 14.4 Å². The number of fused-ring (bicyclic) bond motifs is 4. The van der Waals surface area contributed by atoms with Crippen LogP contribution in [0.4, 0.5) is 0 Å². The molecule has 1 N–H and O–H groups in total. The van der Waals surface area contributed by atoms with Gasteiger partial charge in [0, 0.05) is 17.8 Å². The molecule has 10 atom stereocenters. The summed E-state index contributed by atoms with van der Waals surface area (Å²) in [6, 6.07) is 7.94. The topological polar surface area (TPSA) is 72.5 Å². The van der Waals surface area contributed by atoms with Crippen molar-refractivity contribution in [3.63, 3.8) is 0 Å². The average molecular weight is 460 g/mol. The standard InChI is InChI=1S/C29H33NO4/c1-3-4-17-8-12-19-21-13-15(2)5-11-20(21)27-24(19)23(17)26(31)25-22(28(32)30-29(25)33)14-16-6-9-18(34-27)10-7-16/h3-4,6-10,12,15,17,19-25,27H,5,11,13-14H2,1-2H3,(H,30,32,33). The Morgan fingerprint density at radius 2 is 1.79 bits per heavy atom. The Kier molecular flexibility index (Phi) is 5.27. The minimum atomic E-state index is -0.932. The van der Waals surface area contributed by atoms with E-state index >= 15 is 0 Å². The van der Waals surface area contributed by atoms with Gasteiger partial charge in [-0.25, -0.2) is 0 Å². The Labute approximate surface area is 201 Å². The SMILES string of the molecule is CC=CC1C=CC2C3CC(C)CCC3C3Oc4ccc(cc4)CC4C(=O)NC(=O)C4C(=O)C1C23. The zero-order chi connectivity index (χ0) is 23.6. The first-order valence-corrected chi connectivity index (χ1v) is 12.9. The Bertz CT molecular complexity index is 1070. The van der Waals surface area contributed by atoms with Crippen molar-refractivity contribution in [1.82, 2.24) is 5.32 Å². The normalized spacial score (nSPS) is 42.9. The number of ketones is 1. The molecule has 3 fully saturated rings. The number of allylic oxidation sites excluding steroid dienone is 4. The van der Waals surface area contributed by atoms with E-state index in [0.717, 1.165) is 24.2 Å². The molecule has 178 valence electrons. The average Bonchev–Trinajstić information content (AvgIpc) is 3.26. The summed E-state index contributed by atoms with van der Waals surface area (Å²) >= 11 is 0. The van der Waals surface area contributed by atoms with Gasteiger partial charge in [0.1, 0.15) is 17.8 Å². The molecule has 5 heteroatoms. The van der Waals surface area contributed by atoms with Gasteiger partial charge in [0.2, 0.25) is 11.8 Å². The first-order valence-electron chi connectivity index (χ1n) is 12.9. The van der Waals surface area contributed by atoms with Crippen LogP contribution in [0.25, 0.3) is 0 Å². The van der Waals surface area contributed by atoms with Gasteiger partial charge in [-0.05, 0) is 67.6 Å². The molecule has 3 aliphatic carbocycles. The summed E-state index contributed by atoms with van der Waals surface area (Å²) in [5.74, 6) is -0.223. The van der Waals surface area contributed by atoms with Gasteiger partial charge < -0.3 is 4.74 Å². The summed E-state index contributed by atoms with van der Waals surface area (Å²) in [6.45, 7) is 4.30. The van der Waals surface area contributed by atoms with Crippen molar-refractivity contribution in [3.05, 3.63) is 54.1 Å². The number of amides is 2. The predicted molar refractivity (Wildman–Crippen MR) is 128 cm³/mol. The summed E-state index contributed by atoms with van der Waals surface area (Å²) in [7, 11) is 0. The fourth-order valence-corrected chi connectivity index (χ4v) is 7.87. The number of benzene rings is 1. The molecule has 1 aromatic rings. The zero-order valence-corrected chi connectivity index (χ0v) is 19.9. The second-order valence-electron chi connectivity index (χ2n) is 11.2. The molecule has 7 rings (SSSR count). The Morgan fingerprint density at radius 3 is 2.56 bits per heavy atom. The van der Waals surface area contributed by atoms with E-state index in [0.29, 0.717) is 24.2 Å². The van der Waals surface area contributed by atoms with Gasteiger partial charge in [-0.2, -0.15) is 0 Å². The summed E-state index contributed by atoms with van der Waals surface area (Å²) < 4.78 is 6.76. The number of imide groups is 1. The zero-order valence-electron chi connectivity index (χ0n) is 19.9. The number of ether oxygens (including phenoxy) is 1. The first-order chi connectivity index (χ1) is 16.5. The van der Waals surface area contributed by atoms with Gasteiger partial charge >= 0.3 is 0 Å². The fraction of sp³-hybridized carbons (Fsp3) is 0.552. The molecule has 5 nitrogen and oxygen atoms in total. The third kappa shape index (κ3) is 3.30. The Morgan fingerprint density at radius 1 is 1.00 bits per heavy atom. The van der Waals surface area contributed by atoms with Gasteiger partial charge in [0.05, 0.1) is 5.92 Å². The molecule has 1 aromatic carbocycles. The molecular weight excluding hydrogens is 426 g/mol. The second kappa shape index (κ2) is 8.21. The van der Waals surface area contributed by atoms with Crippen molar-refractivity contribution in [2.24, 2.45) is 53.3 Å². The van der Waals surface area contributed by atoms with E-state index in [2.05, 4.69) is 30.5 Å². The van der Waals surface area contributed by atoms with Crippen LogP contribution in [0.2, 0.25) is 0 Å². The number of rotatable bonds is 1. The van der Waals surface area contributed by atoms with Gasteiger partial charge in [0.25, 0.3) is 0 Å². The van der Waals surface area contributed by atoms with Crippen LogP contribution in [0, 0.1) is 53.3 Å². The highest BCUT2D eigenvalue weighted by molar-refractivity contribution is 6.16. The second-order valence-corrected chi connectivity index (χ2v) is 11.2. The Hall–Kier alpha value is -2.69. The van der Waals surface area contributed by atoms with Crippen molar-refractivity contribution in [2.45, 2.75) is 45.6 Å². The first kappa shape index (κ1) is 21.8. The van der Waals surface area contributed by atoms with Crippen LogP contribution in [0.15, 0.2) is 48.6 Å². The highest BCUT2D eigenvalue weighted by Gasteiger charge is 2.60. The van der Waals surface area contributed by atoms with E-state index in [1.54, 1.807) is 0 Å². The lowest BCUT2D eigenvalue weighted by Gasteiger charge is -2.39. The smallest absolute Gasteiger partial charge is 0.237 e. The molecule has 10 unspecified atom stereocenters. The van der Waals surface area contributed by atoms with E-state index in [1.165, 1.54) is 6.42 Å². The largest absolute Gasteiger partial charge is 0.490 e. The summed E-state index contributed by atoms with van der Waals surface area (Å²) in [4.78, 5) is 40.1. The number of hydrogen-bond donors (Lipinski definition) is 1. The summed E-state index contributed by atoms with van der Waals surface area (Å²) in [5, 5.41) is 2.48. The molecule has 2 bridgehead atoms. The van der Waals surface area contributed by atoms with Crippen LogP contribution in [-0.2, 0) is 20.8 Å². The predicted octanol–water partition coefficient (Wildman–Crippen LogP) is 4.12. The van der Waals surface area contributed by atoms with Crippen LogP contribution < -0.4 is 10.1 Å². The lowest BCUT2D eigenvalue weighted by molar-refractivity contribution is -0.139. The number of hydrogen-bond acceptors (Lipinski definition) is 4. The maximum absolute atomic E-state index is 14.3. The van der Waals surface area contributed by atoms with Crippen molar-refractivity contribution in [3.8, 4) is 5.75 Å². The van der Waals surface area contributed by atoms with Gasteiger partial charge in [0.15, 0.2) is 5.78 Å². The molecule has 3 aliphatic heterocycles. The molecule has 0 radical (unpaired) electrons. The molecule has 34 heavy (non-hydrogen) atoms. The van der Waals surface area contributed by atoms with Gasteiger partial charge in [-0.3, -0.25) is 19.7 Å². The van der Waals surface area contributed by atoms with Gasteiger partial charge in [-0.15, -0.1) is 0 Å². The minimum Gasteiger partial charge on any atom is -0.490 e. The third-order valence-electron chi connectivity index (χ3n) is 9.31. The highest BCUT2D eigenvalue weighted by atomic mass is 16.5. The maximum atomic E-state index is 14.3. The lowest BCUT2D eigenvalue weighted by Crippen LogP contribution is -2.46. The number of carbonyl (C=O) groups is 3. The van der Waals surface area contributed by atoms with Crippen LogP contribution in [-0.4, -0.2) is 23.7 Å². The molecule has 0 spiro atoms. The van der Waals surface area contributed by atoms with Gasteiger partial charge in [-0.1, -0.05) is 49.8 Å². The number of Topliss-reactive ketones (excluding diaryl/α,β-unsaturated/α-hetero) is 1. The van der Waals surface area contributed by atoms with E-state index in [4.69, 9.17) is 4.74 Å². The summed E-state index contributed by atoms with van der Waals surface area (Å²) in [5.41, 5.74) is 0.944. The molecule has 0 aromatic heterocycles. The molecular formula is C29H33NO4. The molecule has 1 saturated heterocycles. The number of carbonyl (C=O) groups excluding carboxylic acids is 3. The van der Waals surface area contributed by atoms with Crippen molar-refractivity contribution in [2.75, 3.05) is 0 Å². The third-order valence-corrected chi connectivity index (χ3v) is 9.31. The quantitative estimate of drug-likeness (QED) is 0.390. The van der Waals surface area contributed by atoms with Crippen LogP contribution >= 0.6 is 0 Å². The lowest BCUT2D eigenvalue weighted by atomic mass is 9.64. The monoisotopic (exact) mass is 459 g/mol. The maximum Gasteiger partial charge on any atom is 0.237 e. The fourth-order valence-electron chi connectivity index (χ4n) is 7.87. The van der Waals surface area contributed by atoms with Crippen molar-refractivity contribution >= 4 is 17.6 Å². The van der Waals surface area contributed by atoms with E-state index < -0.39 is 17.7 Å². The summed E-state index contributed by atoms with van der Waals surface area (Å²) in [6.07, 6.45) is 12.3. The van der Waals surface area contributed by atoms with Crippen molar-refractivity contribution < 1.29 is 19.1 Å². The van der Waals surface area contributed by atoms with Crippen LogP contribution in [0.1, 0.15) is 38.7 Å². The van der Waals surface area contributed by atoms with E-state index in [-0.39, 0.29) is 41.5 Å². The van der Waals surface area contributed by atoms with E-state index in [1.807, 2.05) is 37.3 Å².